The van der Waals surface area contributed by atoms with E-state index in [2.05, 4.69) is 20.3 Å². The molecule has 7 heteroatoms. The molecule has 0 bridgehead atoms. The molecule has 1 aliphatic heterocycles. The van der Waals surface area contributed by atoms with E-state index < -0.39 is 0 Å². The fraction of sp³-hybridized carbons (Fsp3) is 0.360. The number of likely N-dealkylation sites (tertiary alicyclic amines) is 1. The molecule has 1 N–H and O–H groups in total. The highest BCUT2D eigenvalue weighted by Gasteiger charge is 2.25. The molecule has 1 aliphatic rings. The monoisotopic (exact) mass is 433 g/mol. The third kappa shape index (κ3) is 5.66. The highest BCUT2D eigenvalue weighted by atomic mass is 19.1. The van der Waals surface area contributed by atoms with Gasteiger partial charge in [0.15, 0.2) is 0 Å². The number of pyridine rings is 1. The summed E-state index contributed by atoms with van der Waals surface area (Å²) in [6, 6.07) is 10.9. The Hall–Kier alpha value is -3.35. The summed E-state index contributed by atoms with van der Waals surface area (Å²) in [6.07, 6.45) is 9.23. The number of carbonyl (C=O) groups excluding carboxylic acids is 1. The first-order chi connectivity index (χ1) is 15.6. The van der Waals surface area contributed by atoms with Crippen molar-refractivity contribution in [2.75, 3.05) is 18.4 Å². The zero-order valence-corrected chi connectivity index (χ0v) is 18.3. The second kappa shape index (κ2) is 10.3. The molecule has 1 aromatic carbocycles. The number of benzene rings is 1. The summed E-state index contributed by atoms with van der Waals surface area (Å²) in [5, 5.41) is 3.13. The second-order valence-corrected chi connectivity index (χ2v) is 8.29. The van der Waals surface area contributed by atoms with Crippen LogP contribution in [0.15, 0.2) is 55.0 Å². The Labute approximate surface area is 187 Å². The van der Waals surface area contributed by atoms with Crippen molar-refractivity contribution in [3.63, 3.8) is 0 Å². The molecule has 1 atom stereocenters. The zero-order chi connectivity index (χ0) is 22.3. The average molecular weight is 434 g/mol. The number of nitrogens with one attached hydrogen (secondary N) is 1. The minimum atomic E-state index is -0.185. The molecule has 166 valence electrons. The highest BCUT2D eigenvalue weighted by Crippen LogP contribution is 2.27. The Balaban J connectivity index is 1.28. The first kappa shape index (κ1) is 21.9. The van der Waals surface area contributed by atoms with Crippen molar-refractivity contribution >= 4 is 17.5 Å². The van der Waals surface area contributed by atoms with Crippen LogP contribution in [0.1, 0.15) is 48.4 Å². The Kier molecular flexibility index (Phi) is 7.04. The van der Waals surface area contributed by atoms with Crippen LogP contribution in [-0.2, 0) is 11.2 Å². The molecular formula is C25H28FN5O. The zero-order valence-electron chi connectivity index (χ0n) is 18.3. The van der Waals surface area contributed by atoms with E-state index in [1.165, 1.54) is 6.07 Å². The van der Waals surface area contributed by atoms with Crippen molar-refractivity contribution in [3.05, 3.63) is 77.6 Å². The summed E-state index contributed by atoms with van der Waals surface area (Å²) in [6.45, 7) is 3.27. The van der Waals surface area contributed by atoms with Gasteiger partial charge >= 0.3 is 0 Å². The lowest BCUT2D eigenvalue weighted by Gasteiger charge is -2.32. The van der Waals surface area contributed by atoms with Crippen molar-refractivity contribution < 1.29 is 9.18 Å². The van der Waals surface area contributed by atoms with E-state index in [-0.39, 0.29) is 17.6 Å². The topological polar surface area (TPSA) is 71.0 Å². The minimum Gasteiger partial charge on any atom is -0.342 e. The molecule has 6 nitrogen and oxygen atoms in total. The number of aryl methyl sites for hydroxylation is 2. The summed E-state index contributed by atoms with van der Waals surface area (Å²) in [7, 11) is 0. The van der Waals surface area contributed by atoms with Crippen LogP contribution in [0.3, 0.4) is 0 Å². The number of nitrogens with zero attached hydrogens (tertiary/aromatic N) is 4. The molecule has 2 aromatic heterocycles. The third-order valence-electron chi connectivity index (χ3n) is 5.88. The molecule has 0 aliphatic carbocycles. The number of hydrogen-bond acceptors (Lipinski definition) is 5. The molecular weight excluding hydrogens is 405 g/mol. The van der Waals surface area contributed by atoms with E-state index in [0.29, 0.717) is 24.5 Å². The number of anilines is 2. The van der Waals surface area contributed by atoms with Crippen LogP contribution < -0.4 is 5.32 Å². The lowest BCUT2D eigenvalue weighted by molar-refractivity contribution is -0.132. The van der Waals surface area contributed by atoms with Crippen molar-refractivity contribution in [2.45, 2.75) is 44.9 Å². The lowest BCUT2D eigenvalue weighted by Crippen LogP contribution is -2.39. The lowest BCUT2D eigenvalue weighted by atomic mass is 9.94. The molecule has 1 saturated heterocycles. The van der Waals surface area contributed by atoms with Crippen molar-refractivity contribution in [2.24, 2.45) is 0 Å². The minimum absolute atomic E-state index is 0.185. The van der Waals surface area contributed by atoms with Crippen LogP contribution in [0.2, 0.25) is 0 Å². The van der Waals surface area contributed by atoms with Crippen LogP contribution in [-0.4, -0.2) is 38.8 Å². The van der Waals surface area contributed by atoms with Crippen LogP contribution >= 0.6 is 0 Å². The maximum atomic E-state index is 13.4. The number of halogens is 1. The quantitative estimate of drug-likeness (QED) is 0.580. The van der Waals surface area contributed by atoms with Gasteiger partial charge in [0.25, 0.3) is 0 Å². The Morgan fingerprint density at radius 1 is 1.19 bits per heavy atom. The Morgan fingerprint density at radius 2 is 2.03 bits per heavy atom. The normalized spacial score (nSPS) is 16.1. The van der Waals surface area contributed by atoms with Gasteiger partial charge in [-0.1, -0.05) is 12.1 Å². The van der Waals surface area contributed by atoms with E-state index in [4.69, 9.17) is 0 Å². The van der Waals surface area contributed by atoms with Gasteiger partial charge in [0.05, 0.1) is 11.9 Å². The van der Waals surface area contributed by atoms with Gasteiger partial charge in [0.1, 0.15) is 5.82 Å². The maximum absolute atomic E-state index is 13.4. The van der Waals surface area contributed by atoms with E-state index in [1.54, 1.807) is 37.6 Å². The molecule has 0 saturated carbocycles. The van der Waals surface area contributed by atoms with Gasteiger partial charge in [0, 0.05) is 43.5 Å². The van der Waals surface area contributed by atoms with Crippen LogP contribution in [0.25, 0.3) is 0 Å². The van der Waals surface area contributed by atoms with Crippen molar-refractivity contribution in [1.82, 2.24) is 19.9 Å². The van der Waals surface area contributed by atoms with E-state index in [0.717, 1.165) is 49.2 Å². The van der Waals surface area contributed by atoms with E-state index in [1.807, 2.05) is 23.1 Å². The number of amides is 1. The maximum Gasteiger partial charge on any atom is 0.227 e. The summed E-state index contributed by atoms with van der Waals surface area (Å²) in [4.78, 5) is 27.7. The molecule has 4 rings (SSSR count). The number of hydrogen-bond donors (Lipinski definition) is 1. The first-order valence-corrected chi connectivity index (χ1v) is 11.1. The largest absolute Gasteiger partial charge is 0.342 e. The van der Waals surface area contributed by atoms with Gasteiger partial charge in [-0.3, -0.25) is 9.78 Å². The second-order valence-electron chi connectivity index (χ2n) is 8.29. The summed E-state index contributed by atoms with van der Waals surface area (Å²) < 4.78 is 13.4. The number of aromatic nitrogens is 3. The summed E-state index contributed by atoms with van der Waals surface area (Å²) >= 11 is 0. The summed E-state index contributed by atoms with van der Waals surface area (Å²) in [5.74, 6) is 0.782. The Morgan fingerprint density at radius 3 is 2.78 bits per heavy atom. The molecule has 32 heavy (non-hydrogen) atoms. The van der Waals surface area contributed by atoms with Gasteiger partial charge in [-0.15, -0.1) is 0 Å². The van der Waals surface area contributed by atoms with E-state index >= 15 is 0 Å². The molecule has 3 heterocycles. The number of carbonyl (C=O) groups is 1. The summed E-state index contributed by atoms with van der Waals surface area (Å²) in [5.41, 5.74) is 3.56. The highest BCUT2D eigenvalue weighted by molar-refractivity contribution is 5.76. The van der Waals surface area contributed by atoms with Crippen LogP contribution in [0.5, 0.6) is 0 Å². The van der Waals surface area contributed by atoms with Gasteiger partial charge < -0.3 is 10.2 Å². The predicted molar refractivity (Wildman–Crippen MR) is 122 cm³/mol. The first-order valence-electron chi connectivity index (χ1n) is 11.1. The average Bonchev–Trinajstić information content (AvgIpc) is 2.82. The van der Waals surface area contributed by atoms with Crippen molar-refractivity contribution in [3.8, 4) is 0 Å². The van der Waals surface area contributed by atoms with Gasteiger partial charge in [-0.2, -0.15) is 0 Å². The fourth-order valence-corrected chi connectivity index (χ4v) is 4.12. The SMILES string of the molecule is Cc1cc(CCCC(=O)N2CCC[C@H](c3ccc(Nc4ncccn4)cn3)C2)ccc1F. The van der Waals surface area contributed by atoms with Gasteiger partial charge in [-0.25, -0.2) is 14.4 Å². The standard InChI is InChI=1S/C25H28FN5O/c1-18-15-19(8-10-22(18)26)5-2-7-24(32)31-14-3-6-20(17-31)23-11-9-21(16-29-23)30-25-27-12-4-13-28-25/h4,8-13,15-16,20H,2-3,5-7,14,17H2,1H3,(H,27,28,30)/t20-/m0/s1. The van der Waals surface area contributed by atoms with Crippen LogP contribution in [0, 0.1) is 12.7 Å². The number of rotatable bonds is 7. The third-order valence-corrected chi connectivity index (χ3v) is 5.88. The van der Waals surface area contributed by atoms with Gasteiger partial charge in [-0.05, 0) is 68.0 Å². The van der Waals surface area contributed by atoms with Gasteiger partial charge in [0.2, 0.25) is 11.9 Å². The predicted octanol–water partition coefficient (Wildman–Crippen LogP) is 4.79. The van der Waals surface area contributed by atoms with E-state index in [9.17, 15) is 9.18 Å². The molecule has 0 unspecified atom stereocenters. The molecule has 1 amide bonds. The van der Waals surface area contributed by atoms with Crippen LogP contribution in [0.4, 0.5) is 16.0 Å². The van der Waals surface area contributed by atoms with Crippen molar-refractivity contribution in [1.29, 1.82) is 0 Å². The smallest absolute Gasteiger partial charge is 0.227 e. The Bertz CT molecular complexity index is 1040. The fourth-order valence-electron chi connectivity index (χ4n) is 4.12. The number of piperidine rings is 1. The molecule has 1 fully saturated rings. The molecule has 3 aromatic rings. The molecule has 0 radical (unpaired) electrons. The molecule has 0 spiro atoms.